The summed E-state index contributed by atoms with van der Waals surface area (Å²) in [6, 6.07) is 2.16. The van der Waals surface area contributed by atoms with E-state index >= 15 is 0 Å². The van der Waals surface area contributed by atoms with E-state index in [1.807, 2.05) is 30.3 Å². The maximum atomic E-state index is 4.52. The summed E-state index contributed by atoms with van der Waals surface area (Å²) in [7, 11) is 3.98. The monoisotopic (exact) mass is 308 g/mol. The van der Waals surface area contributed by atoms with Gasteiger partial charge in [0.05, 0.1) is 6.20 Å². The summed E-state index contributed by atoms with van der Waals surface area (Å²) >= 11 is 3.45. The Morgan fingerprint density at radius 3 is 2.67 bits per heavy atom. The Bertz CT molecular complexity index is 536. The van der Waals surface area contributed by atoms with Gasteiger partial charge >= 0.3 is 0 Å². The zero-order valence-corrected chi connectivity index (χ0v) is 12.5. The van der Waals surface area contributed by atoms with Crippen LogP contribution >= 0.6 is 15.9 Å². The number of nitrogens with zero attached hydrogens (tertiary/aromatic N) is 4. The minimum atomic E-state index is 0.815. The largest absolute Gasteiger partial charge is 0.355 e. The third kappa shape index (κ3) is 2.90. The van der Waals surface area contributed by atoms with Crippen LogP contribution in [0, 0.1) is 6.92 Å². The second kappa shape index (κ2) is 5.52. The van der Waals surface area contributed by atoms with Crippen molar-refractivity contribution in [2.24, 2.45) is 7.05 Å². The first-order valence-electron chi connectivity index (χ1n) is 5.80. The number of rotatable bonds is 4. The van der Waals surface area contributed by atoms with Crippen LogP contribution in [0.3, 0.4) is 0 Å². The molecule has 0 amide bonds. The second-order valence-corrected chi connectivity index (χ2v) is 5.06. The molecule has 0 bridgehead atoms. The van der Waals surface area contributed by atoms with Gasteiger partial charge in [-0.1, -0.05) is 22.0 Å². The van der Waals surface area contributed by atoms with Crippen molar-refractivity contribution in [1.29, 1.82) is 0 Å². The predicted molar refractivity (Wildman–Crippen MR) is 76.9 cm³/mol. The molecule has 0 saturated heterocycles. The SMILES string of the molecule is Cc1cc(CBr)cnc1N(C)Cc1cnn(C)c1. The number of hydrogen-bond donors (Lipinski definition) is 0. The molecule has 2 aromatic heterocycles. The molecule has 0 aromatic carbocycles. The van der Waals surface area contributed by atoms with Gasteiger partial charge in [-0.2, -0.15) is 5.10 Å². The topological polar surface area (TPSA) is 34.0 Å². The van der Waals surface area contributed by atoms with Crippen molar-refractivity contribution in [2.45, 2.75) is 18.8 Å². The van der Waals surface area contributed by atoms with E-state index in [2.05, 4.69) is 51.0 Å². The first kappa shape index (κ1) is 13.1. The molecule has 0 saturated carbocycles. The van der Waals surface area contributed by atoms with E-state index in [1.54, 1.807) is 0 Å². The van der Waals surface area contributed by atoms with Crippen molar-refractivity contribution < 1.29 is 0 Å². The molecule has 2 aromatic rings. The van der Waals surface area contributed by atoms with Crippen LogP contribution in [0.15, 0.2) is 24.7 Å². The van der Waals surface area contributed by atoms with Gasteiger partial charge in [-0.3, -0.25) is 4.68 Å². The molecule has 2 heterocycles. The van der Waals surface area contributed by atoms with Crippen molar-refractivity contribution in [3.63, 3.8) is 0 Å². The number of aryl methyl sites for hydroxylation is 2. The van der Waals surface area contributed by atoms with Gasteiger partial charge in [0.15, 0.2) is 0 Å². The summed E-state index contributed by atoms with van der Waals surface area (Å²) in [6.45, 7) is 2.91. The molecule has 2 rings (SSSR count). The highest BCUT2D eigenvalue weighted by molar-refractivity contribution is 9.08. The Morgan fingerprint density at radius 1 is 1.33 bits per heavy atom. The van der Waals surface area contributed by atoms with Crippen LogP contribution in [-0.4, -0.2) is 21.8 Å². The lowest BCUT2D eigenvalue weighted by Crippen LogP contribution is -2.18. The van der Waals surface area contributed by atoms with Gasteiger partial charge in [-0.05, 0) is 18.1 Å². The summed E-state index contributed by atoms with van der Waals surface area (Å²) in [4.78, 5) is 6.66. The first-order valence-corrected chi connectivity index (χ1v) is 6.92. The molecule has 18 heavy (non-hydrogen) atoms. The van der Waals surface area contributed by atoms with Gasteiger partial charge in [0.2, 0.25) is 0 Å². The third-order valence-corrected chi connectivity index (χ3v) is 3.45. The van der Waals surface area contributed by atoms with Crippen LogP contribution in [-0.2, 0) is 18.9 Å². The maximum Gasteiger partial charge on any atom is 0.131 e. The molecule has 0 N–H and O–H groups in total. The van der Waals surface area contributed by atoms with E-state index in [1.165, 1.54) is 16.7 Å². The lowest BCUT2D eigenvalue weighted by atomic mass is 10.2. The lowest BCUT2D eigenvalue weighted by Gasteiger charge is -2.19. The smallest absolute Gasteiger partial charge is 0.131 e. The third-order valence-electron chi connectivity index (χ3n) is 2.80. The molecular formula is C13H17BrN4. The fourth-order valence-electron chi connectivity index (χ4n) is 2.00. The molecule has 0 atom stereocenters. The molecule has 0 radical (unpaired) electrons. The highest BCUT2D eigenvalue weighted by Gasteiger charge is 2.08. The predicted octanol–water partition coefficient (Wildman–Crippen LogP) is 2.65. The average molecular weight is 309 g/mol. The molecule has 0 aliphatic rings. The zero-order valence-electron chi connectivity index (χ0n) is 10.9. The molecule has 5 heteroatoms. The first-order chi connectivity index (χ1) is 8.60. The van der Waals surface area contributed by atoms with E-state index in [-0.39, 0.29) is 0 Å². The minimum Gasteiger partial charge on any atom is -0.355 e. The number of alkyl halides is 1. The number of pyridine rings is 1. The molecule has 0 fully saturated rings. The zero-order chi connectivity index (χ0) is 13.1. The Hall–Kier alpha value is -1.36. The summed E-state index contributed by atoms with van der Waals surface area (Å²) in [6.07, 6.45) is 5.83. The normalized spacial score (nSPS) is 10.7. The van der Waals surface area contributed by atoms with Crippen molar-refractivity contribution in [1.82, 2.24) is 14.8 Å². The minimum absolute atomic E-state index is 0.815. The number of anilines is 1. The highest BCUT2D eigenvalue weighted by atomic mass is 79.9. The molecule has 96 valence electrons. The quantitative estimate of drug-likeness (QED) is 0.814. The van der Waals surface area contributed by atoms with Crippen LogP contribution in [0.25, 0.3) is 0 Å². The number of aromatic nitrogens is 3. The Kier molecular flexibility index (Phi) is 4.01. The van der Waals surface area contributed by atoms with E-state index in [0.29, 0.717) is 0 Å². The molecule has 4 nitrogen and oxygen atoms in total. The van der Waals surface area contributed by atoms with Crippen LogP contribution in [0.5, 0.6) is 0 Å². The Labute approximate surface area is 116 Å². The van der Waals surface area contributed by atoms with E-state index in [4.69, 9.17) is 0 Å². The Balaban J connectivity index is 2.15. The number of halogens is 1. The van der Waals surface area contributed by atoms with Crippen molar-refractivity contribution in [2.75, 3.05) is 11.9 Å². The van der Waals surface area contributed by atoms with Gasteiger partial charge in [0, 0.05) is 43.9 Å². The Morgan fingerprint density at radius 2 is 2.11 bits per heavy atom. The van der Waals surface area contributed by atoms with E-state index in [9.17, 15) is 0 Å². The van der Waals surface area contributed by atoms with Crippen LogP contribution in [0.1, 0.15) is 16.7 Å². The van der Waals surface area contributed by atoms with E-state index in [0.717, 1.165) is 17.7 Å². The molecule has 0 unspecified atom stereocenters. The standard InChI is InChI=1S/C13H17BrN4/c1-10-4-11(5-14)6-15-13(10)17(2)8-12-7-16-18(3)9-12/h4,6-7,9H,5,8H2,1-3H3. The summed E-state index contributed by atoms with van der Waals surface area (Å²) in [5.41, 5.74) is 3.58. The highest BCUT2D eigenvalue weighted by Crippen LogP contribution is 2.19. The van der Waals surface area contributed by atoms with Gasteiger partial charge in [0.25, 0.3) is 0 Å². The average Bonchev–Trinajstić information content (AvgIpc) is 2.74. The van der Waals surface area contributed by atoms with Gasteiger partial charge in [-0.15, -0.1) is 0 Å². The fourth-order valence-corrected chi connectivity index (χ4v) is 2.31. The molecular weight excluding hydrogens is 292 g/mol. The van der Waals surface area contributed by atoms with Crippen molar-refractivity contribution in [3.05, 3.63) is 41.3 Å². The molecule has 0 spiro atoms. The van der Waals surface area contributed by atoms with Crippen LogP contribution in [0.4, 0.5) is 5.82 Å². The lowest BCUT2D eigenvalue weighted by molar-refractivity contribution is 0.766. The van der Waals surface area contributed by atoms with Crippen LogP contribution in [0.2, 0.25) is 0 Å². The maximum absolute atomic E-state index is 4.52. The molecule has 0 aliphatic carbocycles. The van der Waals surface area contributed by atoms with Crippen molar-refractivity contribution >= 4 is 21.7 Å². The molecule has 0 aliphatic heterocycles. The van der Waals surface area contributed by atoms with Gasteiger partial charge in [-0.25, -0.2) is 4.98 Å². The fraction of sp³-hybridized carbons (Fsp3) is 0.385. The van der Waals surface area contributed by atoms with Crippen LogP contribution < -0.4 is 4.90 Å². The summed E-state index contributed by atoms with van der Waals surface area (Å²) < 4.78 is 1.82. The summed E-state index contributed by atoms with van der Waals surface area (Å²) in [5.74, 6) is 1.02. The van der Waals surface area contributed by atoms with Crippen molar-refractivity contribution in [3.8, 4) is 0 Å². The van der Waals surface area contributed by atoms with E-state index < -0.39 is 0 Å². The number of hydrogen-bond acceptors (Lipinski definition) is 3. The summed E-state index contributed by atoms with van der Waals surface area (Å²) in [5, 5.41) is 5.02. The van der Waals surface area contributed by atoms with Gasteiger partial charge < -0.3 is 4.90 Å². The van der Waals surface area contributed by atoms with Gasteiger partial charge in [0.1, 0.15) is 5.82 Å². The second-order valence-electron chi connectivity index (χ2n) is 4.50.